The first-order valence-corrected chi connectivity index (χ1v) is 12.3. The number of amides is 1. The Morgan fingerprint density at radius 2 is 1.83 bits per heavy atom. The van der Waals surface area contributed by atoms with Gasteiger partial charge in [-0.15, -0.1) is 0 Å². The summed E-state index contributed by atoms with van der Waals surface area (Å²) in [6, 6.07) is 3.24. The Hall–Kier alpha value is -3.25. The summed E-state index contributed by atoms with van der Waals surface area (Å²) in [6.45, 7) is 5.78. The summed E-state index contributed by atoms with van der Waals surface area (Å²) in [5.41, 5.74) is 1.16. The molecule has 1 aromatic carbocycles. The Labute approximate surface area is 208 Å². The average molecular weight is 503 g/mol. The van der Waals surface area contributed by atoms with E-state index in [9.17, 15) is 4.79 Å². The molecule has 0 radical (unpaired) electrons. The molecule has 0 unspecified atom stereocenters. The lowest BCUT2D eigenvalue weighted by atomic mass is 10.1. The monoisotopic (exact) mass is 502 g/mol. The van der Waals surface area contributed by atoms with Gasteiger partial charge in [0.2, 0.25) is 5.75 Å². The van der Waals surface area contributed by atoms with E-state index in [2.05, 4.69) is 22.2 Å². The molecule has 1 aliphatic rings. The van der Waals surface area contributed by atoms with Crippen LogP contribution in [0.25, 0.3) is 11.0 Å². The predicted molar refractivity (Wildman–Crippen MR) is 133 cm³/mol. The lowest BCUT2D eigenvalue weighted by Crippen LogP contribution is -2.37. The van der Waals surface area contributed by atoms with E-state index in [4.69, 9.17) is 28.9 Å². The van der Waals surface area contributed by atoms with Crippen LogP contribution in [-0.2, 0) is 11.3 Å². The molecule has 12 heteroatoms. The number of nitrogens with one attached hydrogen (secondary N) is 1. The van der Waals surface area contributed by atoms with Crippen molar-refractivity contribution in [1.82, 2.24) is 25.1 Å². The van der Waals surface area contributed by atoms with Gasteiger partial charge in [0.25, 0.3) is 5.91 Å². The minimum atomic E-state index is -0.258. The highest BCUT2D eigenvalue weighted by Crippen LogP contribution is 2.38. The number of rotatable bonds is 10. The first kappa shape index (κ1) is 24.9. The molecule has 0 atom stereocenters. The first-order chi connectivity index (χ1) is 17.1. The van der Waals surface area contributed by atoms with Crippen molar-refractivity contribution in [3.63, 3.8) is 0 Å². The Balaban J connectivity index is 1.51. The summed E-state index contributed by atoms with van der Waals surface area (Å²) in [4.78, 5) is 24.6. The molecule has 0 saturated carbocycles. The molecule has 0 bridgehead atoms. The smallest absolute Gasteiger partial charge is 0.251 e. The first-order valence-electron chi connectivity index (χ1n) is 11.4. The van der Waals surface area contributed by atoms with Gasteiger partial charge in [-0.2, -0.15) is 5.10 Å². The highest BCUT2D eigenvalue weighted by Gasteiger charge is 2.21. The van der Waals surface area contributed by atoms with Crippen LogP contribution in [0.5, 0.6) is 17.2 Å². The van der Waals surface area contributed by atoms with E-state index < -0.39 is 0 Å². The minimum absolute atomic E-state index is 0.258. The molecule has 0 spiro atoms. The van der Waals surface area contributed by atoms with Crippen LogP contribution >= 0.6 is 11.8 Å². The minimum Gasteiger partial charge on any atom is -0.493 e. The number of anilines is 1. The highest BCUT2D eigenvalue weighted by atomic mass is 32.2. The van der Waals surface area contributed by atoms with Crippen molar-refractivity contribution in [2.45, 2.75) is 18.6 Å². The molecule has 3 aromatic rings. The van der Waals surface area contributed by atoms with Gasteiger partial charge in [-0.05, 0) is 17.9 Å². The van der Waals surface area contributed by atoms with Gasteiger partial charge in [0.1, 0.15) is 5.82 Å². The molecule has 4 rings (SSSR count). The molecule has 11 nitrogen and oxygen atoms in total. The van der Waals surface area contributed by atoms with E-state index in [1.165, 1.54) is 21.3 Å². The third-order valence-corrected chi connectivity index (χ3v) is 6.31. The Morgan fingerprint density at radius 3 is 2.46 bits per heavy atom. The van der Waals surface area contributed by atoms with E-state index in [-0.39, 0.29) is 5.91 Å². The maximum Gasteiger partial charge on any atom is 0.251 e. The summed E-state index contributed by atoms with van der Waals surface area (Å²) < 4.78 is 23.3. The number of carbonyl (C=O) groups excluding carboxylic acids is 1. The Morgan fingerprint density at radius 1 is 1.11 bits per heavy atom. The number of methoxy groups -OCH3 is 3. The van der Waals surface area contributed by atoms with Crippen molar-refractivity contribution in [3.8, 4) is 17.2 Å². The molecule has 0 aliphatic carbocycles. The van der Waals surface area contributed by atoms with Crippen molar-refractivity contribution in [2.24, 2.45) is 0 Å². The second kappa shape index (κ2) is 11.5. The number of morpholine rings is 1. The SMILES string of the molecule is CCSc1nc(N2CCOCC2)c2cnn(CCNC(=O)c3cc(OC)c(OC)c(OC)c3)c2n1. The molecule has 1 aliphatic heterocycles. The molecule has 3 heterocycles. The summed E-state index contributed by atoms with van der Waals surface area (Å²) in [7, 11) is 4.55. The van der Waals surface area contributed by atoms with Crippen molar-refractivity contribution in [1.29, 1.82) is 0 Å². The van der Waals surface area contributed by atoms with Gasteiger partial charge in [0.05, 0.1) is 52.7 Å². The number of benzene rings is 1. The number of aromatic nitrogens is 4. The summed E-state index contributed by atoms with van der Waals surface area (Å²) in [5, 5.41) is 9.08. The van der Waals surface area contributed by atoms with Crippen LogP contribution in [0.1, 0.15) is 17.3 Å². The van der Waals surface area contributed by atoms with Gasteiger partial charge in [-0.1, -0.05) is 18.7 Å². The van der Waals surface area contributed by atoms with Gasteiger partial charge in [0, 0.05) is 25.2 Å². The summed E-state index contributed by atoms with van der Waals surface area (Å²) >= 11 is 1.59. The number of carbonyl (C=O) groups is 1. The zero-order valence-electron chi connectivity index (χ0n) is 20.4. The highest BCUT2D eigenvalue weighted by molar-refractivity contribution is 7.99. The number of fused-ring (bicyclic) bond motifs is 1. The van der Waals surface area contributed by atoms with Crippen LogP contribution in [0.4, 0.5) is 5.82 Å². The van der Waals surface area contributed by atoms with Crippen LogP contribution in [0.2, 0.25) is 0 Å². The van der Waals surface area contributed by atoms with E-state index in [1.807, 2.05) is 0 Å². The number of hydrogen-bond donors (Lipinski definition) is 1. The maximum atomic E-state index is 12.8. The van der Waals surface area contributed by atoms with Crippen molar-refractivity contribution < 1.29 is 23.7 Å². The molecule has 1 saturated heterocycles. The molecule has 35 heavy (non-hydrogen) atoms. The van der Waals surface area contributed by atoms with Gasteiger partial charge in [0.15, 0.2) is 22.3 Å². The van der Waals surface area contributed by atoms with E-state index in [0.717, 1.165) is 35.7 Å². The predicted octanol–water partition coefficient (Wildman–Crippen LogP) is 2.23. The summed E-state index contributed by atoms with van der Waals surface area (Å²) in [5.74, 6) is 2.76. The van der Waals surface area contributed by atoms with E-state index >= 15 is 0 Å². The standard InChI is InChI=1S/C23H30N6O5S/c1-5-35-23-26-20(28-8-10-34-11-9-28)16-14-25-29(21(16)27-23)7-6-24-22(30)15-12-17(31-2)19(33-4)18(13-15)32-3/h12-14H,5-11H2,1-4H3,(H,24,30). The summed E-state index contributed by atoms with van der Waals surface area (Å²) in [6.07, 6.45) is 1.79. The third-order valence-electron chi connectivity index (χ3n) is 5.58. The van der Waals surface area contributed by atoms with Gasteiger partial charge in [-0.25, -0.2) is 14.6 Å². The maximum absolute atomic E-state index is 12.8. The topological polar surface area (TPSA) is 113 Å². The van der Waals surface area contributed by atoms with Crippen LogP contribution in [0, 0.1) is 0 Å². The number of thioether (sulfide) groups is 1. The Bertz CT molecular complexity index is 1160. The number of nitrogens with zero attached hydrogens (tertiary/aromatic N) is 5. The van der Waals surface area contributed by atoms with Gasteiger partial charge >= 0.3 is 0 Å². The fourth-order valence-corrected chi connectivity index (χ4v) is 4.44. The second-order valence-corrected chi connectivity index (χ2v) is 8.87. The largest absolute Gasteiger partial charge is 0.493 e. The number of ether oxygens (including phenoxy) is 4. The van der Waals surface area contributed by atoms with Gasteiger partial charge in [-0.3, -0.25) is 4.79 Å². The quantitative estimate of drug-likeness (QED) is 0.327. The molecular weight excluding hydrogens is 472 g/mol. The fraction of sp³-hybridized carbons (Fsp3) is 0.478. The molecule has 1 amide bonds. The third kappa shape index (κ3) is 5.38. The molecule has 2 aromatic heterocycles. The average Bonchev–Trinajstić information content (AvgIpc) is 3.30. The van der Waals surface area contributed by atoms with Crippen LogP contribution in [0.15, 0.2) is 23.5 Å². The van der Waals surface area contributed by atoms with Gasteiger partial charge < -0.3 is 29.2 Å². The lowest BCUT2D eigenvalue weighted by Gasteiger charge is -2.28. The van der Waals surface area contributed by atoms with Crippen LogP contribution in [-0.4, -0.2) is 85.6 Å². The molecule has 1 N–H and O–H groups in total. The van der Waals surface area contributed by atoms with E-state index in [1.54, 1.807) is 34.8 Å². The van der Waals surface area contributed by atoms with Crippen molar-refractivity contribution >= 4 is 34.5 Å². The molecular formula is C23H30N6O5S. The number of hydrogen-bond acceptors (Lipinski definition) is 10. The Kier molecular flexibility index (Phi) is 8.13. The second-order valence-electron chi connectivity index (χ2n) is 7.64. The van der Waals surface area contributed by atoms with Crippen molar-refractivity contribution in [3.05, 3.63) is 23.9 Å². The van der Waals surface area contributed by atoms with Crippen LogP contribution in [0.3, 0.4) is 0 Å². The normalized spacial score (nSPS) is 13.7. The molecule has 1 fully saturated rings. The van der Waals surface area contributed by atoms with E-state index in [0.29, 0.717) is 54.3 Å². The zero-order chi connectivity index (χ0) is 24.8. The van der Waals surface area contributed by atoms with Crippen LogP contribution < -0.4 is 24.4 Å². The lowest BCUT2D eigenvalue weighted by molar-refractivity contribution is 0.0951. The van der Waals surface area contributed by atoms with Crippen molar-refractivity contribution in [2.75, 3.05) is 64.8 Å². The molecule has 188 valence electrons. The zero-order valence-corrected chi connectivity index (χ0v) is 21.2. The fourth-order valence-electron chi connectivity index (χ4n) is 3.88.